The zero-order valence-corrected chi connectivity index (χ0v) is 16.4. The minimum absolute atomic E-state index is 0.0299. The smallest absolute Gasteiger partial charge is 0.273 e. The molecule has 0 aromatic heterocycles. The molecule has 1 spiro atoms. The van der Waals surface area contributed by atoms with Gasteiger partial charge in [0.15, 0.2) is 0 Å². The summed E-state index contributed by atoms with van der Waals surface area (Å²) < 4.78 is 0. The number of benzene rings is 2. The summed E-state index contributed by atoms with van der Waals surface area (Å²) in [5.74, 6) is -3.25. The number of nitrogens with zero attached hydrogens (tertiary/aromatic N) is 4. The fraction of sp³-hybridized carbons (Fsp3) is 0.250. The van der Waals surface area contributed by atoms with E-state index in [4.69, 9.17) is 0 Å². The summed E-state index contributed by atoms with van der Waals surface area (Å²) in [5.41, 5.74) is -2.16. The Morgan fingerprint density at radius 1 is 0.839 bits per heavy atom. The van der Waals surface area contributed by atoms with Gasteiger partial charge in [-0.1, -0.05) is 30.3 Å². The fourth-order valence-corrected chi connectivity index (χ4v) is 4.57. The quantitative estimate of drug-likeness (QED) is 0.416. The summed E-state index contributed by atoms with van der Waals surface area (Å²) in [7, 11) is 2.49. The van der Waals surface area contributed by atoms with Crippen LogP contribution in [0.5, 0.6) is 0 Å². The average Bonchev–Trinajstić information content (AvgIpc) is 3.46. The molecule has 31 heavy (non-hydrogen) atoms. The number of nitro benzene ring substituents is 2. The van der Waals surface area contributed by atoms with Gasteiger partial charge in [0.2, 0.25) is 11.8 Å². The van der Waals surface area contributed by atoms with E-state index < -0.39 is 56.3 Å². The molecule has 1 heterocycles. The molecule has 11 heteroatoms. The Morgan fingerprint density at radius 3 is 1.94 bits per heavy atom. The number of carbonyl (C=O) groups excluding carboxylic acids is 3. The van der Waals surface area contributed by atoms with Crippen LogP contribution in [0.2, 0.25) is 0 Å². The van der Waals surface area contributed by atoms with Crippen LogP contribution >= 0.6 is 0 Å². The van der Waals surface area contributed by atoms with Gasteiger partial charge < -0.3 is 0 Å². The molecule has 2 atom stereocenters. The Balaban J connectivity index is 1.95. The fourth-order valence-electron chi connectivity index (χ4n) is 4.57. The average molecular weight is 424 g/mol. The van der Waals surface area contributed by atoms with Crippen LogP contribution in [0.15, 0.2) is 48.5 Å². The largest absolute Gasteiger partial charge is 0.332 e. The van der Waals surface area contributed by atoms with Crippen LogP contribution in [0.3, 0.4) is 0 Å². The monoisotopic (exact) mass is 424 g/mol. The van der Waals surface area contributed by atoms with Gasteiger partial charge in [0, 0.05) is 37.6 Å². The number of urea groups is 1. The Kier molecular flexibility index (Phi) is 4.35. The lowest BCUT2D eigenvalue weighted by molar-refractivity contribution is -0.394. The highest BCUT2D eigenvalue weighted by atomic mass is 16.6. The number of amides is 4. The minimum atomic E-state index is -1.75. The third-order valence-electron chi connectivity index (χ3n) is 6.01. The highest BCUT2D eigenvalue weighted by Crippen LogP contribution is 2.73. The first-order valence-corrected chi connectivity index (χ1v) is 9.22. The SMILES string of the molecule is CN1C(=O)N(C)C(=O)C2(C1=O)[C@H](c1ccccc1)[C@H]2c1ccc([N+](=O)[O-])cc1[N+](=O)[O-]. The molecule has 0 radical (unpaired) electrons. The Labute approximate surface area is 175 Å². The van der Waals surface area contributed by atoms with E-state index in [0.29, 0.717) is 5.56 Å². The summed E-state index contributed by atoms with van der Waals surface area (Å²) in [6.07, 6.45) is 0. The third-order valence-corrected chi connectivity index (χ3v) is 6.01. The molecule has 4 amide bonds. The Bertz CT molecular complexity index is 1140. The Hall–Kier alpha value is -4.15. The van der Waals surface area contributed by atoms with E-state index in [9.17, 15) is 34.6 Å². The number of rotatable bonds is 4. The molecule has 158 valence electrons. The molecule has 1 aliphatic carbocycles. The maximum Gasteiger partial charge on any atom is 0.332 e. The van der Waals surface area contributed by atoms with Crippen LogP contribution in [0.25, 0.3) is 0 Å². The molecule has 11 nitrogen and oxygen atoms in total. The van der Waals surface area contributed by atoms with E-state index >= 15 is 0 Å². The van der Waals surface area contributed by atoms with Gasteiger partial charge in [0.05, 0.1) is 15.9 Å². The summed E-state index contributed by atoms with van der Waals surface area (Å²) in [6, 6.07) is 10.9. The highest BCUT2D eigenvalue weighted by molar-refractivity contribution is 6.23. The number of hydrogen-bond acceptors (Lipinski definition) is 7. The van der Waals surface area contributed by atoms with Crippen LogP contribution < -0.4 is 0 Å². The third kappa shape index (κ3) is 2.62. The van der Waals surface area contributed by atoms with Crippen LogP contribution in [-0.2, 0) is 9.59 Å². The summed E-state index contributed by atoms with van der Waals surface area (Å²) >= 11 is 0. The van der Waals surface area contributed by atoms with Crippen molar-refractivity contribution in [1.82, 2.24) is 9.80 Å². The second-order valence-corrected chi connectivity index (χ2v) is 7.50. The van der Waals surface area contributed by atoms with Crippen molar-refractivity contribution in [1.29, 1.82) is 0 Å². The van der Waals surface area contributed by atoms with Gasteiger partial charge in [-0.2, -0.15) is 0 Å². The predicted molar refractivity (Wildman–Crippen MR) is 105 cm³/mol. The van der Waals surface area contributed by atoms with E-state index in [0.717, 1.165) is 21.9 Å². The molecule has 1 aliphatic heterocycles. The first kappa shape index (κ1) is 20.1. The Morgan fingerprint density at radius 2 is 1.42 bits per heavy atom. The molecule has 1 saturated carbocycles. The molecule has 1 saturated heterocycles. The van der Waals surface area contributed by atoms with Crippen molar-refractivity contribution in [3.63, 3.8) is 0 Å². The molecule has 2 aromatic rings. The van der Waals surface area contributed by atoms with Crippen LogP contribution in [-0.4, -0.2) is 51.6 Å². The van der Waals surface area contributed by atoms with Gasteiger partial charge in [-0.25, -0.2) is 4.79 Å². The van der Waals surface area contributed by atoms with Gasteiger partial charge in [-0.05, 0) is 11.6 Å². The number of imide groups is 2. The number of hydrogen-bond donors (Lipinski definition) is 0. The number of carbonyl (C=O) groups is 3. The minimum Gasteiger partial charge on any atom is -0.273 e. The van der Waals surface area contributed by atoms with E-state index in [-0.39, 0.29) is 5.56 Å². The van der Waals surface area contributed by atoms with E-state index in [1.807, 2.05) is 0 Å². The van der Waals surface area contributed by atoms with Gasteiger partial charge in [0.25, 0.3) is 11.4 Å². The topological polar surface area (TPSA) is 144 Å². The van der Waals surface area contributed by atoms with E-state index in [2.05, 4.69) is 0 Å². The molecule has 0 bridgehead atoms. The lowest BCUT2D eigenvalue weighted by atomic mass is 9.91. The summed E-state index contributed by atoms with van der Waals surface area (Å²) in [5, 5.41) is 22.8. The first-order chi connectivity index (χ1) is 14.6. The standard InChI is InChI=1S/C20H16N4O7/c1-21-17(25)20(18(26)22(2)19(21)27)15(11-6-4-3-5-7-11)16(20)13-9-8-12(23(28)29)10-14(13)24(30)31/h3-10,15-16H,1-2H3/t15-,16-/m1/s1. The second-order valence-electron chi connectivity index (χ2n) is 7.50. The van der Waals surface area contributed by atoms with Gasteiger partial charge in [-0.3, -0.25) is 39.6 Å². The number of barbiturate groups is 1. The van der Waals surface area contributed by atoms with Crippen molar-refractivity contribution < 1.29 is 24.2 Å². The van der Waals surface area contributed by atoms with Crippen LogP contribution in [0.1, 0.15) is 23.0 Å². The molecule has 2 aromatic carbocycles. The van der Waals surface area contributed by atoms with Crippen molar-refractivity contribution in [2.45, 2.75) is 11.8 Å². The van der Waals surface area contributed by atoms with E-state index in [1.165, 1.54) is 20.2 Å². The van der Waals surface area contributed by atoms with Crippen molar-refractivity contribution in [2.24, 2.45) is 5.41 Å². The number of non-ortho nitro benzene ring substituents is 1. The molecule has 0 unspecified atom stereocenters. The van der Waals surface area contributed by atoms with Gasteiger partial charge in [0.1, 0.15) is 5.41 Å². The molecular formula is C20H16N4O7. The maximum absolute atomic E-state index is 13.3. The number of nitro groups is 2. The zero-order chi connectivity index (χ0) is 22.7. The lowest BCUT2D eigenvalue weighted by Crippen LogP contribution is -2.59. The molecule has 2 aliphatic rings. The molecule has 4 rings (SSSR count). The molecular weight excluding hydrogens is 408 g/mol. The zero-order valence-electron chi connectivity index (χ0n) is 16.4. The molecule has 0 N–H and O–H groups in total. The lowest BCUT2D eigenvalue weighted by Gasteiger charge is -2.34. The van der Waals surface area contributed by atoms with Crippen molar-refractivity contribution >= 4 is 29.2 Å². The normalized spacial score (nSPS) is 22.1. The van der Waals surface area contributed by atoms with Crippen LogP contribution in [0, 0.1) is 25.6 Å². The second kappa shape index (κ2) is 6.69. The van der Waals surface area contributed by atoms with Crippen molar-refractivity contribution in [3.05, 3.63) is 79.9 Å². The van der Waals surface area contributed by atoms with Crippen molar-refractivity contribution in [2.75, 3.05) is 14.1 Å². The molecule has 2 fully saturated rings. The van der Waals surface area contributed by atoms with Gasteiger partial charge >= 0.3 is 6.03 Å². The highest BCUT2D eigenvalue weighted by Gasteiger charge is 2.79. The summed E-state index contributed by atoms with van der Waals surface area (Å²) in [6.45, 7) is 0. The van der Waals surface area contributed by atoms with Crippen molar-refractivity contribution in [3.8, 4) is 0 Å². The predicted octanol–water partition coefficient (Wildman–Crippen LogP) is 2.42. The van der Waals surface area contributed by atoms with E-state index in [1.54, 1.807) is 30.3 Å². The van der Waals surface area contributed by atoms with Crippen LogP contribution in [0.4, 0.5) is 16.2 Å². The summed E-state index contributed by atoms with van der Waals surface area (Å²) in [4.78, 5) is 61.8. The first-order valence-electron chi connectivity index (χ1n) is 9.22. The van der Waals surface area contributed by atoms with Gasteiger partial charge in [-0.15, -0.1) is 0 Å². The maximum atomic E-state index is 13.3.